The summed E-state index contributed by atoms with van der Waals surface area (Å²) < 4.78 is 0. The zero-order chi connectivity index (χ0) is 16.7. The molecule has 5 nitrogen and oxygen atoms in total. The van der Waals surface area contributed by atoms with E-state index in [1.165, 1.54) is 0 Å². The fourth-order valence-corrected chi connectivity index (χ4v) is 2.97. The summed E-state index contributed by atoms with van der Waals surface area (Å²) in [5.41, 5.74) is 2.88. The van der Waals surface area contributed by atoms with Crippen molar-refractivity contribution in [3.8, 4) is 0 Å². The van der Waals surface area contributed by atoms with Crippen LogP contribution in [-0.2, 0) is 9.59 Å². The molecule has 0 spiro atoms. The molecule has 1 heterocycles. The maximum atomic E-state index is 12.0. The average molecular weight is 317 g/mol. The van der Waals surface area contributed by atoms with Gasteiger partial charge in [0.1, 0.15) is 0 Å². The summed E-state index contributed by atoms with van der Waals surface area (Å²) in [6.07, 6.45) is 3.69. The van der Waals surface area contributed by atoms with Crippen LogP contribution < -0.4 is 16.0 Å². The van der Waals surface area contributed by atoms with Gasteiger partial charge in [0.25, 0.3) is 0 Å². The van der Waals surface area contributed by atoms with E-state index in [0.29, 0.717) is 12.3 Å². The number of rotatable bonds is 6. The molecule has 0 aliphatic carbocycles. The number of hydrogen-bond acceptors (Lipinski definition) is 3. The van der Waals surface area contributed by atoms with Crippen LogP contribution in [0.15, 0.2) is 18.2 Å². The number of para-hydroxylation sites is 1. The second-order valence-corrected chi connectivity index (χ2v) is 6.32. The van der Waals surface area contributed by atoms with Crippen LogP contribution in [-0.4, -0.2) is 31.4 Å². The Labute approximate surface area is 138 Å². The summed E-state index contributed by atoms with van der Waals surface area (Å²) in [5, 5.41) is 8.91. The minimum absolute atomic E-state index is 0.0266. The molecule has 1 fully saturated rings. The molecule has 2 amide bonds. The summed E-state index contributed by atoms with van der Waals surface area (Å²) in [4.78, 5) is 23.9. The van der Waals surface area contributed by atoms with Crippen LogP contribution in [0.2, 0.25) is 0 Å². The Morgan fingerprint density at radius 1 is 1.13 bits per heavy atom. The first-order chi connectivity index (χ1) is 11.1. The molecule has 0 bridgehead atoms. The molecule has 126 valence electrons. The lowest BCUT2D eigenvalue weighted by molar-refractivity contribution is -0.124. The van der Waals surface area contributed by atoms with E-state index in [2.05, 4.69) is 16.0 Å². The third-order valence-corrected chi connectivity index (χ3v) is 4.43. The lowest BCUT2D eigenvalue weighted by atomic mass is 9.93. The van der Waals surface area contributed by atoms with Gasteiger partial charge in [-0.25, -0.2) is 0 Å². The van der Waals surface area contributed by atoms with Gasteiger partial charge in [-0.15, -0.1) is 0 Å². The third-order valence-electron chi connectivity index (χ3n) is 4.43. The van der Waals surface area contributed by atoms with Crippen molar-refractivity contribution in [2.75, 3.05) is 25.0 Å². The maximum Gasteiger partial charge on any atom is 0.243 e. The second-order valence-electron chi connectivity index (χ2n) is 6.32. The van der Waals surface area contributed by atoms with E-state index in [0.717, 1.165) is 49.2 Å². The number of amides is 2. The zero-order valence-electron chi connectivity index (χ0n) is 14.1. The first-order valence-corrected chi connectivity index (χ1v) is 8.39. The fraction of sp³-hybridized carbons (Fsp3) is 0.556. The zero-order valence-corrected chi connectivity index (χ0v) is 14.1. The SMILES string of the molecule is Cc1cccc(C)c1NC(=O)CNC(=O)CCC1CCNCC1. The van der Waals surface area contributed by atoms with Crippen molar-refractivity contribution in [1.82, 2.24) is 10.6 Å². The number of benzene rings is 1. The van der Waals surface area contributed by atoms with Gasteiger partial charge in [-0.2, -0.15) is 0 Å². The smallest absolute Gasteiger partial charge is 0.243 e. The number of anilines is 1. The summed E-state index contributed by atoms with van der Waals surface area (Å²) in [5.74, 6) is 0.406. The van der Waals surface area contributed by atoms with Gasteiger partial charge in [-0.3, -0.25) is 9.59 Å². The van der Waals surface area contributed by atoms with Crippen molar-refractivity contribution >= 4 is 17.5 Å². The van der Waals surface area contributed by atoms with E-state index in [4.69, 9.17) is 0 Å². The molecule has 1 aromatic carbocycles. The highest BCUT2D eigenvalue weighted by molar-refractivity contribution is 5.95. The quantitative estimate of drug-likeness (QED) is 0.753. The Morgan fingerprint density at radius 3 is 2.43 bits per heavy atom. The molecule has 23 heavy (non-hydrogen) atoms. The second kappa shape index (κ2) is 8.67. The van der Waals surface area contributed by atoms with Gasteiger partial charge in [-0.05, 0) is 63.2 Å². The largest absolute Gasteiger partial charge is 0.347 e. The molecule has 0 atom stereocenters. The Kier molecular flexibility index (Phi) is 6.59. The van der Waals surface area contributed by atoms with Crippen LogP contribution in [0.4, 0.5) is 5.69 Å². The van der Waals surface area contributed by atoms with Gasteiger partial charge in [0.15, 0.2) is 0 Å². The van der Waals surface area contributed by atoms with Gasteiger partial charge in [-0.1, -0.05) is 18.2 Å². The minimum Gasteiger partial charge on any atom is -0.347 e. The predicted octanol–water partition coefficient (Wildman–Crippen LogP) is 2.14. The molecule has 0 radical (unpaired) electrons. The minimum atomic E-state index is -0.183. The van der Waals surface area contributed by atoms with Crippen LogP contribution in [0.5, 0.6) is 0 Å². The van der Waals surface area contributed by atoms with Crippen LogP contribution in [0, 0.1) is 19.8 Å². The molecule has 1 aliphatic rings. The van der Waals surface area contributed by atoms with E-state index in [1.54, 1.807) is 0 Å². The maximum absolute atomic E-state index is 12.0. The van der Waals surface area contributed by atoms with E-state index in [9.17, 15) is 9.59 Å². The first kappa shape index (κ1) is 17.5. The van der Waals surface area contributed by atoms with Crippen molar-refractivity contribution in [3.63, 3.8) is 0 Å². The van der Waals surface area contributed by atoms with Gasteiger partial charge < -0.3 is 16.0 Å². The standard InChI is InChI=1S/C18H27N3O2/c1-13-4-3-5-14(2)18(13)21-17(23)12-20-16(22)7-6-15-8-10-19-11-9-15/h3-5,15,19H,6-12H2,1-2H3,(H,20,22)(H,21,23). The van der Waals surface area contributed by atoms with Crippen LogP contribution >= 0.6 is 0 Å². The highest BCUT2D eigenvalue weighted by atomic mass is 16.2. The number of carbonyl (C=O) groups excluding carboxylic acids is 2. The molecule has 5 heteroatoms. The van der Waals surface area contributed by atoms with Crippen molar-refractivity contribution in [2.45, 2.75) is 39.5 Å². The molecule has 3 N–H and O–H groups in total. The number of piperidine rings is 1. The topological polar surface area (TPSA) is 70.2 Å². The Bertz CT molecular complexity index is 531. The van der Waals surface area contributed by atoms with Crippen LogP contribution in [0.3, 0.4) is 0 Å². The first-order valence-electron chi connectivity index (χ1n) is 8.39. The van der Waals surface area contributed by atoms with Crippen molar-refractivity contribution < 1.29 is 9.59 Å². The molecule has 0 unspecified atom stereocenters. The molecule has 1 aliphatic heterocycles. The molecular weight excluding hydrogens is 290 g/mol. The number of hydrogen-bond donors (Lipinski definition) is 3. The molecule has 1 aromatic rings. The molecule has 2 rings (SSSR count). The van der Waals surface area contributed by atoms with Crippen LogP contribution in [0.1, 0.15) is 36.8 Å². The van der Waals surface area contributed by atoms with Crippen molar-refractivity contribution in [2.24, 2.45) is 5.92 Å². The number of nitrogens with one attached hydrogen (secondary N) is 3. The summed E-state index contributed by atoms with van der Waals surface area (Å²) in [6.45, 7) is 6.04. The number of aryl methyl sites for hydroxylation is 2. The Hall–Kier alpha value is -1.88. The highest BCUT2D eigenvalue weighted by Gasteiger charge is 2.15. The third kappa shape index (κ3) is 5.67. The lowest BCUT2D eigenvalue weighted by Gasteiger charge is -2.22. The lowest BCUT2D eigenvalue weighted by Crippen LogP contribution is -2.34. The van der Waals surface area contributed by atoms with E-state index >= 15 is 0 Å². The molecule has 0 aromatic heterocycles. The van der Waals surface area contributed by atoms with E-state index < -0.39 is 0 Å². The number of carbonyl (C=O) groups is 2. The Balaban J connectivity index is 1.70. The van der Waals surface area contributed by atoms with Crippen molar-refractivity contribution in [1.29, 1.82) is 0 Å². The molecular formula is C18H27N3O2. The van der Waals surface area contributed by atoms with Crippen molar-refractivity contribution in [3.05, 3.63) is 29.3 Å². The monoisotopic (exact) mass is 317 g/mol. The molecule has 0 saturated carbocycles. The summed E-state index contributed by atoms with van der Waals surface area (Å²) in [7, 11) is 0. The van der Waals surface area contributed by atoms with Gasteiger partial charge in [0, 0.05) is 12.1 Å². The molecule has 1 saturated heterocycles. The van der Waals surface area contributed by atoms with Gasteiger partial charge >= 0.3 is 0 Å². The normalized spacial score (nSPS) is 15.2. The Morgan fingerprint density at radius 2 is 1.78 bits per heavy atom. The fourth-order valence-electron chi connectivity index (χ4n) is 2.97. The summed E-state index contributed by atoms with van der Waals surface area (Å²) in [6, 6.07) is 5.88. The van der Waals surface area contributed by atoms with E-state index in [1.807, 2.05) is 32.0 Å². The van der Waals surface area contributed by atoms with Crippen LogP contribution in [0.25, 0.3) is 0 Å². The predicted molar refractivity (Wildman–Crippen MR) is 92.4 cm³/mol. The van der Waals surface area contributed by atoms with Gasteiger partial charge in [0.05, 0.1) is 6.54 Å². The summed E-state index contributed by atoms with van der Waals surface area (Å²) >= 11 is 0. The van der Waals surface area contributed by atoms with Gasteiger partial charge in [0.2, 0.25) is 11.8 Å². The highest BCUT2D eigenvalue weighted by Crippen LogP contribution is 2.19. The average Bonchev–Trinajstić information content (AvgIpc) is 2.55. The van der Waals surface area contributed by atoms with E-state index in [-0.39, 0.29) is 18.4 Å².